The zero-order valence-electron chi connectivity index (χ0n) is 18.3. The topological polar surface area (TPSA) is 160 Å². The summed E-state index contributed by atoms with van der Waals surface area (Å²) in [5, 5.41) is 5.36. The summed E-state index contributed by atoms with van der Waals surface area (Å²) in [5.41, 5.74) is 7.90. The molecule has 0 bridgehead atoms. The molecular formula is C19H27N5O7S. The Balaban J connectivity index is 2.18. The van der Waals surface area contributed by atoms with Gasteiger partial charge in [-0.1, -0.05) is 11.2 Å². The number of hydrogen-bond acceptors (Lipinski definition) is 9. The van der Waals surface area contributed by atoms with E-state index in [9.17, 15) is 19.2 Å². The van der Waals surface area contributed by atoms with Gasteiger partial charge in [-0.15, -0.1) is 0 Å². The van der Waals surface area contributed by atoms with Crippen molar-refractivity contribution >= 4 is 36.6 Å². The fourth-order valence-electron chi connectivity index (χ4n) is 3.37. The molecule has 4 atom stereocenters. The number of nitrogens with one attached hydrogen (secondary N) is 1. The predicted octanol–water partition coefficient (Wildman–Crippen LogP) is 1.50. The van der Waals surface area contributed by atoms with Gasteiger partial charge in [-0.3, -0.25) is 9.59 Å². The van der Waals surface area contributed by atoms with Crippen molar-refractivity contribution in [3.8, 4) is 0 Å². The molecule has 0 aliphatic carbocycles. The van der Waals surface area contributed by atoms with Crippen LogP contribution in [0, 0.1) is 0 Å². The maximum Gasteiger partial charge on any atom is 0.408 e. The summed E-state index contributed by atoms with van der Waals surface area (Å²) in [6.45, 7) is 6.22. The maximum absolute atomic E-state index is 12.9. The molecule has 0 radical (unpaired) electrons. The molecule has 1 saturated heterocycles. The van der Waals surface area contributed by atoms with Crippen molar-refractivity contribution in [1.82, 2.24) is 10.2 Å². The summed E-state index contributed by atoms with van der Waals surface area (Å²) in [5.74, 6) is -1.78. The van der Waals surface area contributed by atoms with Gasteiger partial charge in [0.1, 0.15) is 18.2 Å². The van der Waals surface area contributed by atoms with Crippen LogP contribution in [0.25, 0.3) is 10.4 Å². The van der Waals surface area contributed by atoms with Gasteiger partial charge in [0.05, 0.1) is 12.6 Å². The lowest BCUT2D eigenvalue weighted by molar-refractivity contribution is -0.167. The zero-order chi connectivity index (χ0) is 24.1. The smallest absolute Gasteiger partial charge is 0.408 e. The van der Waals surface area contributed by atoms with Crippen LogP contribution in [-0.4, -0.2) is 77.6 Å². The molecule has 0 saturated carbocycles. The number of carbonyl (C=O) groups is 4. The summed E-state index contributed by atoms with van der Waals surface area (Å²) >= 11 is 4.50. The molecule has 0 aromatic rings. The summed E-state index contributed by atoms with van der Waals surface area (Å²) < 4.78 is 15.5. The predicted molar refractivity (Wildman–Crippen MR) is 115 cm³/mol. The fourth-order valence-corrected chi connectivity index (χ4v) is 3.88. The number of carbonyl (C=O) groups excluding carboxylic acids is 4. The Morgan fingerprint density at radius 3 is 2.59 bits per heavy atom. The number of β-lactam (4-membered cyclic amide) rings is 1. The van der Waals surface area contributed by atoms with Gasteiger partial charge in [0.25, 0.3) is 0 Å². The van der Waals surface area contributed by atoms with Crippen LogP contribution in [0.1, 0.15) is 34.1 Å². The van der Waals surface area contributed by atoms with Gasteiger partial charge in [-0.2, -0.15) is 12.6 Å². The number of alkyl carbamates (subject to hydrolysis) is 1. The molecule has 176 valence electrons. The lowest BCUT2D eigenvalue weighted by Gasteiger charge is -2.54. The second kappa shape index (κ2) is 10.6. The normalized spacial score (nSPS) is 24.2. The second-order valence-electron chi connectivity index (χ2n) is 8.25. The summed E-state index contributed by atoms with van der Waals surface area (Å²) in [4.78, 5) is 53.0. The van der Waals surface area contributed by atoms with Crippen molar-refractivity contribution in [2.75, 3.05) is 19.8 Å². The van der Waals surface area contributed by atoms with E-state index in [1.54, 1.807) is 26.8 Å². The summed E-state index contributed by atoms with van der Waals surface area (Å²) in [7, 11) is 0. The average Bonchev–Trinajstić information content (AvgIpc) is 2.68. The van der Waals surface area contributed by atoms with Crippen LogP contribution in [0.15, 0.2) is 16.8 Å². The van der Waals surface area contributed by atoms with Crippen molar-refractivity contribution in [3.63, 3.8) is 0 Å². The molecule has 2 rings (SSSR count). The van der Waals surface area contributed by atoms with Crippen LogP contribution < -0.4 is 5.32 Å². The third kappa shape index (κ3) is 6.30. The quantitative estimate of drug-likeness (QED) is 0.0627. The highest BCUT2D eigenvalue weighted by Crippen LogP contribution is 2.37. The summed E-state index contributed by atoms with van der Waals surface area (Å²) in [6.07, 6.45) is 1.17. The van der Waals surface area contributed by atoms with Crippen molar-refractivity contribution in [2.45, 2.75) is 63.1 Å². The SMILES string of the molecule is CC(=O)OCC1=CC(S)[C@H]2[C@@H](NC(=O)OC(C)(C)C)C(=O)N2[C@H]1C(=O)OCCCN=[N+]=[N-]. The lowest BCUT2D eigenvalue weighted by Crippen LogP contribution is -2.78. The van der Waals surface area contributed by atoms with Crippen LogP contribution >= 0.6 is 12.6 Å². The van der Waals surface area contributed by atoms with E-state index < -0.39 is 52.9 Å². The van der Waals surface area contributed by atoms with E-state index in [0.717, 1.165) is 0 Å². The number of fused-ring (bicyclic) bond motifs is 1. The molecular weight excluding hydrogens is 442 g/mol. The van der Waals surface area contributed by atoms with E-state index in [2.05, 4.69) is 28.0 Å². The van der Waals surface area contributed by atoms with E-state index in [4.69, 9.17) is 19.7 Å². The summed E-state index contributed by atoms with van der Waals surface area (Å²) in [6, 6.07) is -2.69. The Kier molecular flexibility index (Phi) is 8.39. The van der Waals surface area contributed by atoms with Gasteiger partial charge in [0.15, 0.2) is 6.04 Å². The number of ether oxygens (including phenoxy) is 3. The number of azide groups is 1. The van der Waals surface area contributed by atoms with Gasteiger partial charge in [-0.25, -0.2) is 9.59 Å². The minimum atomic E-state index is -1.13. The van der Waals surface area contributed by atoms with Crippen molar-refractivity contribution < 1.29 is 33.4 Å². The lowest BCUT2D eigenvalue weighted by atomic mass is 9.82. The van der Waals surface area contributed by atoms with Crippen LogP contribution in [-0.2, 0) is 28.6 Å². The van der Waals surface area contributed by atoms with E-state index in [-0.39, 0.29) is 19.8 Å². The molecule has 0 aromatic carbocycles. The monoisotopic (exact) mass is 469 g/mol. The molecule has 2 amide bonds. The first-order valence-corrected chi connectivity index (χ1v) is 10.5. The van der Waals surface area contributed by atoms with Crippen LogP contribution in [0.3, 0.4) is 0 Å². The van der Waals surface area contributed by atoms with Crippen LogP contribution in [0.4, 0.5) is 4.79 Å². The molecule has 2 aliphatic rings. The molecule has 2 aliphatic heterocycles. The van der Waals surface area contributed by atoms with Crippen LogP contribution in [0.5, 0.6) is 0 Å². The number of hydrogen-bond donors (Lipinski definition) is 2. The minimum absolute atomic E-state index is 0.0220. The molecule has 1 fully saturated rings. The third-order valence-corrected chi connectivity index (χ3v) is 5.05. The molecule has 13 heteroatoms. The van der Waals surface area contributed by atoms with Gasteiger partial charge in [0, 0.05) is 23.6 Å². The molecule has 32 heavy (non-hydrogen) atoms. The van der Waals surface area contributed by atoms with Crippen molar-refractivity contribution in [3.05, 3.63) is 22.1 Å². The van der Waals surface area contributed by atoms with Gasteiger partial charge in [-0.05, 0) is 38.3 Å². The number of rotatable bonds is 8. The Hall–Kier alpha value is -2.92. The highest BCUT2D eigenvalue weighted by molar-refractivity contribution is 7.81. The molecule has 0 aromatic heterocycles. The Bertz CT molecular complexity index is 849. The number of esters is 2. The highest BCUT2D eigenvalue weighted by atomic mass is 32.1. The van der Waals surface area contributed by atoms with E-state index in [0.29, 0.717) is 12.0 Å². The molecule has 1 unspecified atom stereocenters. The first-order valence-electron chi connectivity index (χ1n) is 9.97. The van der Waals surface area contributed by atoms with Crippen LogP contribution in [0.2, 0.25) is 0 Å². The average molecular weight is 470 g/mol. The number of amides is 2. The first kappa shape index (κ1) is 25.3. The van der Waals surface area contributed by atoms with Gasteiger partial charge >= 0.3 is 18.0 Å². The van der Waals surface area contributed by atoms with Gasteiger partial charge < -0.3 is 24.4 Å². The van der Waals surface area contributed by atoms with E-state index >= 15 is 0 Å². The maximum atomic E-state index is 12.9. The molecule has 2 heterocycles. The zero-order valence-corrected chi connectivity index (χ0v) is 19.2. The van der Waals surface area contributed by atoms with Crippen molar-refractivity contribution in [2.24, 2.45) is 5.11 Å². The minimum Gasteiger partial charge on any atom is -0.464 e. The Morgan fingerprint density at radius 1 is 1.31 bits per heavy atom. The highest BCUT2D eigenvalue weighted by Gasteiger charge is 2.58. The molecule has 0 spiro atoms. The Labute approximate surface area is 190 Å². The van der Waals surface area contributed by atoms with Gasteiger partial charge in [0.2, 0.25) is 5.91 Å². The van der Waals surface area contributed by atoms with E-state index in [1.807, 2.05) is 0 Å². The third-order valence-electron chi connectivity index (χ3n) is 4.60. The fraction of sp³-hybridized carbons (Fsp3) is 0.684. The Morgan fingerprint density at radius 2 is 2.00 bits per heavy atom. The standard InChI is InChI=1S/C19H27N5O7S/c1-10(25)30-9-11-8-12(32)15-13(22-18(28)31-19(2,3)4)16(26)24(15)14(11)17(27)29-7-5-6-21-23-20/h8,12-15,32H,5-7,9H2,1-4H3,(H,22,28)/t12?,13-,14-,15+/m1/s1. The largest absolute Gasteiger partial charge is 0.464 e. The number of thiol groups is 1. The second-order valence-corrected chi connectivity index (χ2v) is 8.85. The molecule has 12 nitrogen and oxygen atoms in total. The van der Waals surface area contributed by atoms with E-state index in [1.165, 1.54) is 11.8 Å². The first-order chi connectivity index (χ1) is 15.0. The molecule has 1 N–H and O–H groups in total. The van der Waals surface area contributed by atoms with Crippen molar-refractivity contribution in [1.29, 1.82) is 0 Å². The number of nitrogens with zero attached hydrogens (tertiary/aromatic N) is 4.